The lowest BCUT2D eigenvalue weighted by molar-refractivity contribution is -0.130. The van der Waals surface area contributed by atoms with Gasteiger partial charge in [-0.2, -0.15) is 0 Å². The lowest BCUT2D eigenvalue weighted by Gasteiger charge is -2.25. The quantitative estimate of drug-likeness (QED) is 0.299. The predicted octanol–water partition coefficient (Wildman–Crippen LogP) is 3.10. The van der Waals surface area contributed by atoms with E-state index in [4.69, 9.17) is 15.2 Å². The van der Waals surface area contributed by atoms with E-state index in [1.807, 2.05) is 6.20 Å². The minimum Gasteiger partial charge on any atom is -0.493 e. The van der Waals surface area contributed by atoms with Gasteiger partial charge in [-0.25, -0.2) is 18.7 Å². The second kappa shape index (κ2) is 9.51. The molecule has 1 aliphatic carbocycles. The number of imidazole rings is 1. The first-order chi connectivity index (χ1) is 19.5. The highest BCUT2D eigenvalue weighted by Crippen LogP contribution is 2.46. The first-order valence-corrected chi connectivity index (χ1v) is 13.0. The Hall–Kier alpha value is -4.58. The maximum Gasteiger partial charge on any atom is 0.263 e. The highest BCUT2D eigenvalue weighted by atomic mass is 19.1. The van der Waals surface area contributed by atoms with E-state index >= 15 is 4.39 Å². The minimum atomic E-state index is -2.67. The number of primary amides is 1. The summed E-state index contributed by atoms with van der Waals surface area (Å²) < 4.78 is 42.0. The number of nitrogens with two attached hydrogens (primary N) is 1. The van der Waals surface area contributed by atoms with Crippen LogP contribution in [0.1, 0.15) is 53.0 Å². The van der Waals surface area contributed by atoms with Crippen LogP contribution in [0.2, 0.25) is 0 Å². The molecule has 2 atom stereocenters. The maximum atomic E-state index is 15.7. The van der Waals surface area contributed by atoms with E-state index in [2.05, 4.69) is 15.3 Å². The molecule has 1 saturated carbocycles. The maximum absolute atomic E-state index is 15.7. The molecule has 1 unspecified atom stereocenters. The first kappa shape index (κ1) is 26.6. The molecule has 4 aromatic rings. The van der Waals surface area contributed by atoms with E-state index in [9.17, 15) is 19.1 Å². The fourth-order valence-corrected chi connectivity index (χ4v) is 4.89. The van der Waals surface area contributed by atoms with Crippen molar-refractivity contribution in [2.75, 3.05) is 20.3 Å². The molecular weight excluding hydrogens is 536 g/mol. The molecule has 4 N–H and O–H groups in total. The number of pyridine rings is 2. The molecule has 2 aliphatic rings. The van der Waals surface area contributed by atoms with Crippen LogP contribution in [0.5, 0.6) is 11.5 Å². The number of alkyl halides is 1. The summed E-state index contributed by atoms with van der Waals surface area (Å²) in [4.78, 5) is 34.3. The molecule has 6 rings (SSSR count). The molecule has 1 aliphatic heterocycles. The Balaban J connectivity index is 1.32. The van der Waals surface area contributed by atoms with E-state index in [1.54, 1.807) is 16.7 Å². The molecule has 10 nitrogen and oxygen atoms in total. The number of rotatable bonds is 8. The summed E-state index contributed by atoms with van der Waals surface area (Å²) in [5.41, 5.74) is 2.86. The Morgan fingerprint density at radius 1 is 1.24 bits per heavy atom. The summed E-state index contributed by atoms with van der Waals surface area (Å²) >= 11 is 0. The first-order valence-electron chi connectivity index (χ1n) is 13.0. The van der Waals surface area contributed by atoms with Crippen molar-refractivity contribution in [2.45, 2.75) is 37.0 Å². The number of nitrogens with zero attached hydrogens (tertiary/aromatic N) is 3. The third-order valence-corrected chi connectivity index (χ3v) is 7.48. The summed E-state index contributed by atoms with van der Waals surface area (Å²) in [6.45, 7) is 0.393. The van der Waals surface area contributed by atoms with Gasteiger partial charge in [0, 0.05) is 29.4 Å². The molecular formula is C29H27F2N5O5. The number of amides is 2. The monoisotopic (exact) mass is 563 g/mol. The van der Waals surface area contributed by atoms with Crippen LogP contribution < -0.4 is 20.5 Å². The number of methoxy groups -OCH3 is 1. The average molecular weight is 564 g/mol. The minimum absolute atomic E-state index is 0.0345. The normalized spacial score (nSPS) is 19.3. The fourth-order valence-electron chi connectivity index (χ4n) is 4.89. The van der Waals surface area contributed by atoms with Crippen LogP contribution in [0.4, 0.5) is 8.78 Å². The van der Waals surface area contributed by atoms with Crippen molar-refractivity contribution >= 4 is 17.5 Å². The van der Waals surface area contributed by atoms with E-state index in [-0.39, 0.29) is 34.8 Å². The third kappa shape index (κ3) is 4.63. The fraction of sp³-hybridized carbons (Fsp3) is 0.310. The molecule has 1 fully saturated rings. The predicted molar refractivity (Wildman–Crippen MR) is 143 cm³/mol. The van der Waals surface area contributed by atoms with Gasteiger partial charge < -0.3 is 30.0 Å². The van der Waals surface area contributed by atoms with Crippen LogP contribution in [-0.4, -0.2) is 51.6 Å². The van der Waals surface area contributed by atoms with Gasteiger partial charge in [-0.3, -0.25) is 9.59 Å². The topological polar surface area (TPSA) is 141 Å². The van der Waals surface area contributed by atoms with Crippen LogP contribution in [0, 0.1) is 5.82 Å². The van der Waals surface area contributed by atoms with E-state index in [0.29, 0.717) is 22.9 Å². The molecule has 0 spiro atoms. The summed E-state index contributed by atoms with van der Waals surface area (Å²) in [6.07, 6.45) is 5.65. The van der Waals surface area contributed by atoms with Crippen molar-refractivity contribution in [1.82, 2.24) is 19.7 Å². The molecule has 41 heavy (non-hydrogen) atoms. The van der Waals surface area contributed by atoms with Gasteiger partial charge in [-0.1, -0.05) is 0 Å². The molecule has 2 amide bonds. The van der Waals surface area contributed by atoms with Gasteiger partial charge >= 0.3 is 0 Å². The Morgan fingerprint density at radius 2 is 1.98 bits per heavy atom. The Kier molecular flexibility index (Phi) is 6.18. The molecule has 1 aromatic carbocycles. The Labute approximate surface area is 233 Å². The SMILES string of the molecule is COc1cc(C(=O)NC[C@](C)(O)c2cc3c(c(-c4ccc(F)cc4)n2)OCC3(F)C(N)=O)cn2cc(C3CC3)nc12. The number of carbonyl (C=O) groups is 2. The number of ether oxygens (including phenoxy) is 2. The molecule has 212 valence electrons. The zero-order valence-electron chi connectivity index (χ0n) is 22.3. The van der Waals surface area contributed by atoms with Gasteiger partial charge in [-0.15, -0.1) is 0 Å². The van der Waals surface area contributed by atoms with Crippen molar-refractivity contribution in [3.63, 3.8) is 0 Å². The van der Waals surface area contributed by atoms with Gasteiger partial charge in [0.2, 0.25) is 0 Å². The summed E-state index contributed by atoms with van der Waals surface area (Å²) in [5.74, 6) is -1.47. The lowest BCUT2D eigenvalue weighted by atomic mass is 9.91. The number of aromatic nitrogens is 3. The zero-order valence-corrected chi connectivity index (χ0v) is 22.3. The highest BCUT2D eigenvalue weighted by Gasteiger charge is 2.49. The Morgan fingerprint density at radius 3 is 2.63 bits per heavy atom. The molecule has 3 aromatic heterocycles. The van der Waals surface area contributed by atoms with Crippen molar-refractivity contribution < 1.29 is 33.0 Å². The number of carbonyl (C=O) groups excluding carboxylic acids is 2. The summed E-state index contributed by atoms with van der Waals surface area (Å²) in [6, 6.07) is 7.98. The molecule has 0 saturated heterocycles. The molecule has 0 bridgehead atoms. The second-order valence-electron chi connectivity index (χ2n) is 10.6. The smallest absolute Gasteiger partial charge is 0.263 e. The van der Waals surface area contributed by atoms with Gasteiger partial charge in [-0.05, 0) is 56.2 Å². The van der Waals surface area contributed by atoms with Gasteiger partial charge in [0.25, 0.3) is 17.5 Å². The zero-order chi connectivity index (χ0) is 29.1. The van der Waals surface area contributed by atoms with E-state index in [0.717, 1.165) is 18.5 Å². The van der Waals surface area contributed by atoms with E-state index in [1.165, 1.54) is 44.4 Å². The number of hydrogen-bond donors (Lipinski definition) is 3. The summed E-state index contributed by atoms with van der Waals surface area (Å²) in [7, 11) is 1.49. The molecule has 0 radical (unpaired) electrons. The van der Waals surface area contributed by atoms with Crippen LogP contribution in [-0.2, 0) is 16.1 Å². The highest BCUT2D eigenvalue weighted by molar-refractivity contribution is 5.95. The van der Waals surface area contributed by atoms with Crippen LogP contribution in [0.25, 0.3) is 16.9 Å². The largest absolute Gasteiger partial charge is 0.493 e. The van der Waals surface area contributed by atoms with Gasteiger partial charge in [0.05, 0.1) is 30.6 Å². The van der Waals surface area contributed by atoms with Crippen LogP contribution >= 0.6 is 0 Å². The van der Waals surface area contributed by atoms with Crippen molar-refractivity contribution in [1.29, 1.82) is 0 Å². The van der Waals surface area contributed by atoms with Crippen molar-refractivity contribution in [2.24, 2.45) is 5.73 Å². The van der Waals surface area contributed by atoms with Gasteiger partial charge in [0.1, 0.15) is 23.7 Å². The van der Waals surface area contributed by atoms with Gasteiger partial charge in [0.15, 0.2) is 17.1 Å². The van der Waals surface area contributed by atoms with Crippen molar-refractivity contribution in [3.05, 3.63) is 77.1 Å². The molecule has 4 heterocycles. The number of hydrogen-bond acceptors (Lipinski definition) is 7. The number of benzene rings is 1. The number of halogens is 2. The average Bonchev–Trinajstić information content (AvgIpc) is 3.62. The second-order valence-corrected chi connectivity index (χ2v) is 10.6. The third-order valence-electron chi connectivity index (χ3n) is 7.48. The number of aliphatic hydroxyl groups is 1. The lowest BCUT2D eigenvalue weighted by Crippen LogP contribution is -2.40. The number of fused-ring (bicyclic) bond motifs is 2. The summed E-state index contributed by atoms with van der Waals surface area (Å²) in [5, 5.41) is 14.1. The van der Waals surface area contributed by atoms with Crippen LogP contribution in [0.3, 0.4) is 0 Å². The van der Waals surface area contributed by atoms with E-state index < -0.39 is 35.5 Å². The Bertz CT molecular complexity index is 1700. The standard InChI is InChI=1S/C29H27F2N5O5/c1-28(39,13-33-26(37)17-9-21(40-2)25-34-20(15-3-4-15)12-36(25)11-17)22-10-19-24(41-14-29(19,31)27(32)38)23(35-22)16-5-7-18(30)8-6-16/h5-12,15,39H,3-4,13-14H2,1-2H3,(H2,32,38)(H,33,37)/t28-,29?/m0/s1. The van der Waals surface area contributed by atoms with Crippen molar-refractivity contribution in [3.8, 4) is 22.8 Å². The number of nitrogens with one attached hydrogen (secondary N) is 1. The molecule has 12 heteroatoms. The van der Waals surface area contributed by atoms with Crippen LogP contribution in [0.15, 0.2) is 48.8 Å².